The van der Waals surface area contributed by atoms with E-state index in [0.717, 1.165) is 0 Å². The maximum absolute atomic E-state index is 11.2. The molecular weight excluding hydrogens is 254 g/mol. The van der Waals surface area contributed by atoms with Crippen molar-refractivity contribution in [1.82, 2.24) is 0 Å². The van der Waals surface area contributed by atoms with Gasteiger partial charge < -0.3 is 14.2 Å². The zero-order chi connectivity index (χ0) is 14.3. The molecule has 1 aromatic carbocycles. The third-order valence-electron chi connectivity index (χ3n) is 2.07. The second-order valence-corrected chi connectivity index (χ2v) is 3.35. The maximum Gasteiger partial charge on any atom is 0.344 e. The molecule has 0 spiro atoms. The quantitative estimate of drug-likeness (QED) is 0.323. The maximum atomic E-state index is 11.2. The molecule has 7 nitrogen and oxygen atoms in total. The van der Waals surface area contributed by atoms with Crippen molar-refractivity contribution < 1.29 is 23.9 Å². The Bertz CT molecular complexity index is 485. The van der Waals surface area contributed by atoms with Crippen molar-refractivity contribution in [3.05, 3.63) is 41.0 Å². The first-order valence-corrected chi connectivity index (χ1v) is 5.30. The van der Waals surface area contributed by atoms with Crippen LogP contribution in [-0.4, -0.2) is 31.2 Å². The van der Waals surface area contributed by atoms with Gasteiger partial charge in [-0.3, -0.25) is 10.1 Å². The predicted octanol–water partition coefficient (Wildman–Crippen LogP) is 1.71. The van der Waals surface area contributed by atoms with Crippen molar-refractivity contribution in [3.63, 3.8) is 0 Å². The molecule has 0 aromatic heterocycles. The van der Waals surface area contributed by atoms with Crippen LogP contribution < -0.4 is 9.47 Å². The van der Waals surface area contributed by atoms with Crippen molar-refractivity contribution >= 4 is 11.7 Å². The lowest BCUT2D eigenvalue weighted by molar-refractivity contribution is -0.385. The highest BCUT2D eigenvalue weighted by molar-refractivity contribution is 5.71. The molecule has 102 valence electrons. The molecule has 0 aliphatic carbocycles. The van der Waals surface area contributed by atoms with Crippen LogP contribution in [0.25, 0.3) is 0 Å². The summed E-state index contributed by atoms with van der Waals surface area (Å²) >= 11 is 0. The molecule has 7 heteroatoms. The summed E-state index contributed by atoms with van der Waals surface area (Å²) < 4.78 is 14.7. The minimum absolute atomic E-state index is 0.0574. The average Bonchev–Trinajstić information content (AvgIpc) is 2.42. The van der Waals surface area contributed by atoms with Crippen LogP contribution in [0.15, 0.2) is 30.9 Å². The van der Waals surface area contributed by atoms with E-state index in [-0.39, 0.29) is 30.4 Å². The van der Waals surface area contributed by atoms with E-state index in [1.54, 1.807) is 0 Å². The zero-order valence-corrected chi connectivity index (χ0v) is 10.3. The predicted molar refractivity (Wildman–Crippen MR) is 66.3 cm³/mol. The smallest absolute Gasteiger partial charge is 0.344 e. The summed E-state index contributed by atoms with van der Waals surface area (Å²) in [7, 11) is 1.31. The lowest BCUT2D eigenvalue weighted by atomic mass is 10.3. The number of rotatable bonds is 7. The Hall–Kier alpha value is -2.57. The van der Waals surface area contributed by atoms with Gasteiger partial charge in [0.15, 0.2) is 6.61 Å². The molecule has 0 atom stereocenters. The van der Waals surface area contributed by atoms with Crippen molar-refractivity contribution in [2.24, 2.45) is 0 Å². The largest absolute Gasteiger partial charge is 0.490 e. The summed E-state index contributed by atoms with van der Waals surface area (Å²) in [5.41, 5.74) is -0.177. The van der Waals surface area contributed by atoms with E-state index in [1.807, 2.05) is 0 Å². The van der Waals surface area contributed by atoms with E-state index in [2.05, 4.69) is 6.58 Å². The fraction of sp³-hybridized carbons (Fsp3) is 0.250. The standard InChI is InChI=1S/C12H13NO6/c1-3-6-18-12(14)8-19-9-4-5-10(13(15)16)11(7-9)17-2/h3-5,7H,1,6,8H2,2H3. The van der Waals surface area contributed by atoms with Gasteiger partial charge in [0.25, 0.3) is 0 Å². The number of nitrogens with zero attached hydrogens (tertiary/aromatic N) is 1. The second kappa shape index (κ2) is 7.00. The number of nitro benzene ring substituents is 1. The Balaban J connectivity index is 2.67. The molecule has 0 saturated heterocycles. The summed E-state index contributed by atoms with van der Waals surface area (Å²) in [6.07, 6.45) is 1.44. The van der Waals surface area contributed by atoms with Crippen LogP contribution in [0.4, 0.5) is 5.69 Å². The Labute approximate surface area is 109 Å². The number of methoxy groups -OCH3 is 1. The van der Waals surface area contributed by atoms with E-state index in [0.29, 0.717) is 0 Å². The van der Waals surface area contributed by atoms with E-state index in [1.165, 1.54) is 31.4 Å². The van der Waals surface area contributed by atoms with Crippen LogP contribution in [0.5, 0.6) is 11.5 Å². The number of nitro groups is 1. The topological polar surface area (TPSA) is 87.9 Å². The zero-order valence-electron chi connectivity index (χ0n) is 10.3. The van der Waals surface area contributed by atoms with Gasteiger partial charge >= 0.3 is 11.7 Å². The lowest BCUT2D eigenvalue weighted by Crippen LogP contribution is -2.14. The van der Waals surface area contributed by atoms with Crippen molar-refractivity contribution in [3.8, 4) is 11.5 Å². The van der Waals surface area contributed by atoms with Crippen molar-refractivity contribution in [1.29, 1.82) is 0 Å². The van der Waals surface area contributed by atoms with Gasteiger partial charge in [0, 0.05) is 12.1 Å². The molecule has 0 amide bonds. The van der Waals surface area contributed by atoms with Gasteiger partial charge in [-0.15, -0.1) is 0 Å². The highest BCUT2D eigenvalue weighted by Crippen LogP contribution is 2.30. The highest BCUT2D eigenvalue weighted by Gasteiger charge is 2.15. The SMILES string of the molecule is C=CCOC(=O)COc1ccc([N+](=O)[O-])c(OC)c1. The van der Waals surface area contributed by atoms with E-state index in [9.17, 15) is 14.9 Å². The Kier molecular flexibility index (Phi) is 5.34. The molecule has 0 heterocycles. The number of ether oxygens (including phenoxy) is 3. The first-order valence-electron chi connectivity index (χ1n) is 5.30. The Morgan fingerprint density at radius 3 is 2.84 bits per heavy atom. The lowest BCUT2D eigenvalue weighted by Gasteiger charge is -2.07. The van der Waals surface area contributed by atoms with E-state index in [4.69, 9.17) is 14.2 Å². The van der Waals surface area contributed by atoms with Crippen LogP contribution in [0.1, 0.15) is 0 Å². The number of hydrogen-bond acceptors (Lipinski definition) is 6. The summed E-state index contributed by atoms with van der Waals surface area (Å²) in [4.78, 5) is 21.3. The second-order valence-electron chi connectivity index (χ2n) is 3.35. The molecule has 1 rings (SSSR count). The van der Waals surface area contributed by atoms with E-state index >= 15 is 0 Å². The normalized spacial score (nSPS) is 9.53. The van der Waals surface area contributed by atoms with Crippen LogP contribution in [-0.2, 0) is 9.53 Å². The Morgan fingerprint density at radius 1 is 1.53 bits per heavy atom. The third kappa shape index (κ3) is 4.30. The van der Waals surface area contributed by atoms with Gasteiger partial charge in [-0.05, 0) is 6.07 Å². The molecule has 0 aliphatic heterocycles. The first-order chi connectivity index (χ1) is 9.08. The molecule has 0 bridgehead atoms. The summed E-state index contributed by atoms with van der Waals surface area (Å²) in [5, 5.41) is 10.7. The molecule has 0 radical (unpaired) electrons. The number of esters is 1. The molecule has 19 heavy (non-hydrogen) atoms. The van der Waals surface area contributed by atoms with Gasteiger partial charge in [-0.2, -0.15) is 0 Å². The first kappa shape index (κ1) is 14.5. The number of carbonyl (C=O) groups excluding carboxylic acids is 1. The van der Waals surface area contributed by atoms with Crippen LogP contribution in [0, 0.1) is 10.1 Å². The van der Waals surface area contributed by atoms with Gasteiger partial charge in [0.1, 0.15) is 12.4 Å². The molecule has 0 N–H and O–H groups in total. The minimum atomic E-state index is -0.568. The molecule has 0 saturated carbocycles. The minimum Gasteiger partial charge on any atom is -0.490 e. The third-order valence-corrected chi connectivity index (χ3v) is 2.07. The fourth-order valence-electron chi connectivity index (χ4n) is 1.23. The molecular formula is C12H13NO6. The van der Waals surface area contributed by atoms with Crippen molar-refractivity contribution in [2.45, 2.75) is 0 Å². The fourth-order valence-corrected chi connectivity index (χ4v) is 1.23. The summed E-state index contributed by atoms with van der Waals surface area (Å²) in [6.45, 7) is 3.21. The molecule has 1 aromatic rings. The summed E-state index contributed by atoms with van der Waals surface area (Å²) in [5.74, 6) is -0.225. The summed E-state index contributed by atoms with van der Waals surface area (Å²) in [6, 6.07) is 3.95. The Morgan fingerprint density at radius 2 is 2.26 bits per heavy atom. The molecule has 0 fully saturated rings. The average molecular weight is 267 g/mol. The number of hydrogen-bond donors (Lipinski definition) is 0. The van der Waals surface area contributed by atoms with Gasteiger partial charge in [0.2, 0.25) is 5.75 Å². The van der Waals surface area contributed by atoms with Crippen LogP contribution in [0.3, 0.4) is 0 Å². The van der Waals surface area contributed by atoms with E-state index < -0.39 is 10.9 Å². The molecule has 0 aliphatic rings. The van der Waals surface area contributed by atoms with Crippen LogP contribution >= 0.6 is 0 Å². The van der Waals surface area contributed by atoms with Crippen molar-refractivity contribution in [2.75, 3.05) is 20.3 Å². The van der Waals surface area contributed by atoms with Gasteiger partial charge in [-0.1, -0.05) is 12.7 Å². The molecule has 0 unspecified atom stereocenters. The highest BCUT2D eigenvalue weighted by atomic mass is 16.6. The van der Waals surface area contributed by atoms with Gasteiger partial charge in [-0.25, -0.2) is 4.79 Å². The monoisotopic (exact) mass is 267 g/mol. The van der Waals surface area contributed by atoms with Crippen LogP contribution in [0.2, 0.25) is 0 Å². The van der Waals surface area contributed by atoms with Gasteiger partial charge in [0.05, 0.1) is 12.0 Å². The number of benzene rings is 1. The number of carbonyl (C=O) groups is 1.